The second-order valence-electron chi connectivity index (χ2n) is 6.77. The molecule has 1 amide bonds. The normalized spacial score (nSPS) is 10.6. The van der Waals surface area contributed by atoms with Gasteiger partial charge < -0.3 is 14.2 Å². The molecule has 170 valence electrons. The average Bonchev–Trinajstić information content (AvgIpc) is 2.82. The zero-order chi connectivity index (χ0) is 23.6. The Morgan fingerprint density at radius 2 is 1.91 bits per heavy atom. The molecule has 6 nitrogen and oxygen atoms in total. The number of carbonyl (C=O) groups is 1. The van der Waals surface area contributed by atoms with Crippen molar-refractivity contribution < 1.29 is 19.0 Å². The number of hydrazone groups is 1. The largest absolute Gasteiger partial charge is 0.493 e. The highest BCUT2D eigenvalue weighted by Gasteiger charge is 2.11. The molecule has 3 aromatic carbocycles. The van der Waals surface area contributed by atoms with Crippen molar-refractivity contribution in [1.82, 2.24) is 5.43 Å². The van der Waals surface area contributed by atoms with Crippen molar-refractivity contribution in [2.45, 2.75) is 6.61 Å². The fourth-order valence-corrected chi connectivity index (χ4v) is 3.43. The number of amides is 1. The molecule has 0 saturated heterocycles. The Kier molecular flexibility index (Phi) is 8.92. The smallest absolute Gasteiger partial charge is 0.271 e. The van der Waals surface area contributed by atoms with Gasteiger partial charge in [-0.05, 0) is 54.1 Å². The Hall–Kier alpha value is -3.29. The molecule has 0 saturated carbocycles. The molecule has 0 aromatic heterocycles. The first-order valence-corrected chi connectivity index (χ1v) is 11.1. The van der Waals surface area contributed by atoms with Gasteiger partial charge in [0.1, 0.15) is 19.0 Å². The summed E-state index contributed by atoms with van der Waals surface area (Å²) in [5.74, 6) is 1.18. The average molecular weight is 530 g/mol. The van der Waals surface area contributed by atoms with Crippen LogP contribution in [-0.2, 0) is 6.61 Å². The van der Waals surface area contributed by atoms with Crippen LogP contribution in [0.3, 0.4) is 0 Å². The predicted octanol–water partition coefficient (Wildman–Crippen LogP) is 6.02. The third kappa shape index (κ3) is 7.10. The minimum atomic E-state index is -0.392. The van der Waals surface area contributed by atoms with Gasteiger partial charge in [-0.1, -0.05) is 52.3 Å². The molecule has 33 heavy (non-hydrogen) atoms. The summed E-state index contributed by atoms with van der Waals surface area (Å²) in [6.07, 6.45) is 3.15. The molecular weight excluding hydrogens is 508 g/mol. The molecule has 1 N–H and O–H groups in total. The number of methoxy groups -OCH3 is 1. The van der Waals surface area contributed by atoms with Gasteiger partial charge in [0.15, 0.2) is 11.5 Å². The third-order valence-corrected chi connectivity index (χ3v) is 5.14. The topological polar surface area (TPSA) is 69.2 Å². The summed E-state index contributed by atoms with van der Waals surface area (Å²) >= 11 is 9.48. The van der Waals surface area contributed by atoms with Crippen molar-refractivity contribution in [2.24, 2.45) is 5.10 Å². The molecule has 8 heteroatoms. The first kappa shape index (κ1) is 24.4. The fourth-order valence-electron chi connectivity index (χ4n) is 2.84. The third-order valence-electron chi connectivity index (χ3n) is 4.41. The van der Waals surface area contributed by atoms with Gasteiger partial charge in [-0.15, -0.1) is 0 Å². The Morgan fingerprint density at radius 1 is 1.09 bits per heavy atom. The summed E-state index contributed by atoms with van der Waals surface area (Å²) in [5.41, 5.74) is 4.53. The molecule has 0 aliphatic rings. The number of ether oxygens (including phenoxy) is 3. The summed E-state index contributed by atoms with van der Waals surface area (Å²) in [6, 6.07) is 17.9. The molecule has 3 aromatic rings. The highest BCUT2D eigenvalue weighted by molar-refractivity contribution is 9.10. The van der Waals surface area contributed by atoms with E-state index in [2.05, 4.69) is 33.0 Å². The lowest BCUT2D eigenvalue weighted by atomic mass is 10.2. The number of nitrogens with one attached hydrogen (secondary N) is 1. The Bertz CT molecular complexity index is 1170. The van der Waals surface area contributed by atoms with E-state index in [1.54, 1.807) is 24.3 Å². The van der Waals surface area contributed by atoms with E-state index in [0.29, 0.717) is 46.6 Å². The number of hydrogen-bond acceptors (Lipinski definition) is 5. The number of carbonyl (C=O) groups excluding carboxylic acids is 1. The maximum absolute atomic E-state index is 12.5. The van der Waals surface area contributed by atoms with E-state index in [4.69, 9.17) is 25.8 Å². The highest BCUT2D eigenvalue weighted by atomic mass is 79.9. The quantitative estimate of drug-likeness (QED) is 0.198. The molecule has 0 radical (unpaired) electrons. The van der Waals surface area contributed by atoms with E-state index in [1.807, 2.05) is 42.5 Å². The van der Waals surface area contributed by atoms with Crippen LogP contribution in [0.5, 0.6) is 17.2 Å². The molecule has 0 spiro atoms. The van der Waals surface area contributed by atoms with Gasteiger partial charge in [0.25, 0.3) is 5.91 Å². The summed E-state index contributed by atoms with van der Waals surface area (Å²) in [7, 11) is 1.51. The summed E-state index contributed by atoms with van der Waals surface area (Å²) in [5, 5.41) is 4.73. The molecule has 0 bridgehead atoms. The minimum Gasteiger partial charge on any atom is -0.493 e. The van der Waals surface area contributed by atoms with Crippen LogP contribution in [-0.4, -0.2) is 25.8 Å². The number of rotatable bonds is 10. The van der Waals surface area contributed by atoms with Gasteiger partial charge in [0, 0.05) is 20.6 Å². The zero-order valence-corrected chi connectivity index (χ0v) is 20.2. The lowest BCUT2D eigenvalue weighted by Gasteiger charge is -2.11. The zero-order valence-electron chi connectivity index (χ0n) is 17.9. The molecular formula is C25H22BrClN2O4. The molecule has 3 rings (SSSR count). The van der Waals surface area contributed by atoms with Crippen molar-refractivity contribution in [3.05, 3.63) is 99.5 Å². The van der Waals surface area contributed by atoms with Crippen LogP contribution >= 0.6 is 27.5 Å². The molecule has 0 fully saturated rings. The fraction of sp³-hybridized carbons (Fsp3) is 0.120. The summed E-state index contributed by atoms with van der Waals surface area (Å²) in [6.45, 7) is 4.29. The number of halogens is 2. The van der Waals surface area contributed by atoms with Crippen molar-refractivity contribution in [3.8, 4) is 17.2 Å². The first-order chi connectivity index (χ1) is 16.0. The van der Waals surface area contributed by atoms with Crippen molar-refractivity contribution in [1.29, 1.82) is 0 Å². The molecule has 0 atom stereocenters. The Balaban J connectivity index is 1.68. The highest BCUT2D eigenvalue weighted by Crippen LogP contribution is 2.28. The second kappa shape index (κ2) is 12.1. The lowest BCUT2D eigenvalue weighted by molar-refractivity contribution is 0.0954. The summed E-state index contributed by atoms with van der Waals surface area (Å²) in [4.78, 5) is 12.5. The van der Waals surface area contributed by atoms with Crippen LogP contribution in [0.4, 0.5) is 0 Å². The summed E-state index contributed by atoms with van der Waals surface area (Å²) < 4.78 is 17.6. The van der Waals surface area contributed by atoms with Crippen molar-refractivity contribution in [3.63, 3.8) is 0 Å². The van der Waals surface area contributed by atoms with E-state index < -0.39 is 5.91 Å². The van der Waals surface area contributed by atoms with Crippen LogP contribution in [0.2, 0.25) is 5.02 Å². The maximum atomic E-state index is 12.5. The minimum absolute atomic E-state index is 0.334. The maximum Gasteiger partial charge on any atom is 0.271 e. The standard InChI is InChI=1S/C25H22BrClN2O4/c1-3-11-32-23-9-7-18(14-24(23)31-2)25(30)29-28-15-19-13-20(26)8-10-22(19)33-16-17-5-4-6-21(27)12-17/h3-10,12-15H,1,11,16H2,2H3,(H,29,30)/b28-15+. The van der Waals surface area contributed by atoms with E-state index in [0.717, 1.165) is 10.0 Å². The van der Waals surface area contributed by atoms with Crippen molar-refractivity contribution in [2.75, 3.05) is 13.7 Å². The number of nitrogens with zero attached hydrogens (tertiary/aromatic N) is 1. The number of benzene rings is 3. The predicted molar refractivity (Wildman–Crippen MR) is 134 cm³/mol. The molecule has 0 heterocycles. The van der Waals surface area contributed by atoms with Gasteiger partial charge in [-0.25, -0.2) is 5.43 Å². The van der Waals surface area contributed by atoms with Crippen LogP contribution in [0.15, 0.2) is 82.9 Å². The second-order valence-corrected chi connectivity index (χ2v) is 8.12. The molecule has 0 unspecified atom stereocenters. The van der Waals surface area contributed by atoms with E-state index in [-0.39, 0.29) is 0 Å². The SMILES string of the molecule is C=CCOc1ccc(C(=O)N/N=C/c2cc(Br)ccc2OCc2cccc(Cl)c2)cc1OC. The van der Waals surface area contributed by atoms with E-state index in [1.165, 1.54) is 13.3 Å². The van der Waals surface area contributed by atoms with Crippen LogP contribution < -0.4 is 19.6 Å². The Labute approximate surface area is 205 Å². The van der Waals surface area contributed by atoms with Gasteiger partial charge in [-0.3, -0.25) is 4.79 Å². The van der Waals surface area contributed by atoms with E-state index in [9.17, 15) is 4.79 Å². The monoisotopic (exact) mass is 528 g/mol. The van der Waals surface area contributed by atoms with Gasteiger partial charge >= 0.3 is 0 Å². The van der Waals surface area contributed by atoms with Gasteiger partial charge in [0.2, 0.25) is 0 Å². The number of hydrogen-bond donors (Lipinski definition) is 1. The molecule has 0 aliphatic carbocycles. The van der Waals surface area contributed by atoms with Crippen LogP contribution in [0, 0.1) is 0 Å². The molecule has 0 aliphatic heterocycles. The van der Waals surface area contributed by atoms with Crippen LogP contribution in [0.25, 0.3) is 0 Å². The lowest BCUT2D eigenvalue weighted by Crippen LogP contribution is -2.17. The first-order valence-electron chi connectivity index (χ1n) is 9.92. The van der Waals surface area contributed by atoms with Crippen molar-refractivity contribution >= 4 is 39.7 Å². The Morgan fingerprint density at radius 3 is 2.67 bits per heavy atom. The van der Waals surface area contributed by atoms with Gasteiger partial charge in [-0.2, -0.15) is 5.10 Å². The van der Waals surface area contributed by atoms with Gasteiger partial charge in [0.05, 0.1) is 13.3 Å². The van der Waals surface area contributed by atoms with Crippen LogP contribution in [0.1, 0.15) is 21.5 Å². The van der Waals surface area contributed by atoms with E-state index >= 15 is 0 Å².